The summed E-state index contributed by atoms with van der Waals surface area (Å²) in [5.41, 5.74) is 5.33. The quantitative estimate of drug-likeness (QED) is 0.675. The van der Waals surface area contributed by atoms with Crippen LogP contribution in [0.4, 0.5) is 0 Å². The maximum Gasteiger partial charge on any atom is 0.0882 e. The molecule has 1 aromatic heterocycles. The molecule has 1 aliphatic rings. The van der Waals surface area contributed by atoms with Crippen molar-refractivity contribution in [1.29, 1.82) is 0 Å². The fraction of sp³-hybridized carbons (Fsp3) is 0.500. The molecule has 1 N–H and O–H groups in total. The Hall–Kier alpha value is -1.05. The summed E-state index contributed by atoms with van der Waals surface area (Å²) in [4.78, 5) is 0. The number of aryl methyl sites for hydroxylation is 1. The van der Waals surface area contributed by atoms with Crippen molar-refractivity contribution in [3.8, 4) is 0 Å². The van der Waals surface area contributed by atoms with Crippen LogP contribution in [0.2, 0.25) is 0 Å². The molecule has 0 atom stereocenters. The Balaban J connectivity index is 2.42. The van der Waals surface area contributed by atoms with Gasteiger partial charge in [0.2, 0.25) is 0 Å². The SMILES string of the molecule is CCC1=Cc2n[nH]c(C)c2CC1. The maximum atomic E-state index is 4.25. The molecule has 0 saturated carbocycles. The predicted octanol–water partition coefficient (Wildman–Crippen LogP) is 2.46. The first-order valence-electron chi connectivity index (χ1n) is 4.54. The van der Waals surface area contributed by atoms with E-state index in [0.717, 1.165) is 18.5 Å². The fourth-order valence-corrected chi connectivity index (χ4v) is 1.74. The van der Waals surface area contributed by atoms with Gasteiger partial charge >= 0.3 is 0 Å². The van der Waals surface area contributed by atoms with Gasteiger partial charge < -0.3 is 0 Å². The van der Waals surface area contributed by atoms with Gasteiger partial charge in [0, 0.05) is 11.3 Å². The Morgan fingerprint density at radius 3 is 3.08 bits per heavy atom. The number of H-pyrrole nitrogens is 1. The number of aromatic amines is 1. The highest BCUT2D eigenvalue weighted by molar-refractivity contribution is 5.56. The molecule has 12 heavy (non-hydrogen) atoms. The molecule has 1 aromatic rings. The molecule has 0 amide bonds. The minimum atomic E-state index is 1.16. The first kappa shape index (κ1) is 7.59. The van der Waals surface area contributed by atoms with Crippen molar-refractivity contribution >= 4 is 6.08 Å². The molecule has 0 unspecified atom stereocenters. The highest BCUT2D eigenvalue weighted by Crippen LogP contribution is 2.25. The van der Waals surface area contributed by atoms with Gasteiger partial charge in [0.15, 0.2) is 0 Å². The zero-order valence-corrected chi connectivity index (χ0v) is 7.65. The number of aromatic nitrogens is 2. The second kappa shape index (κ2) is 2.77. The van der Waals surface area contributed by atoms with E-state index < -0.39 is 0 Å². The van der Waals surface area contributed by atoms with Crippen LogP contribution in [0.1, 0.15) is 36.7 Å². The van der Waals surface area contributed by atoms with E-state index in [-0.39, 0.29) is 0 Å². The van der Waals surface area contributed by atoms with E-state index in [1.165, 1.54) is 23.3 Å². The van der Waals surface area contributed by atoms with Crippen LogP contribution in [-0.2, 0) is 6.42 Å². The summed E-state index contributed by atoms with van der Waals surface area (Å²) >= 11 is 0. The van der Waals surface area contributed by atoms with E-state index in [4.69, 9.17) is 0 Å². The lowest BCUT2D eigenvalue weighted by molar-refractivity contribution is 0.870. The summed E-state index contributed by atoms with van der Waals surface area (Å²) in [6, 6.07) is 0. The average Bonchev–Trinajstić information content (AvgIpc) is 2.47. The third-order valence-electron chi connectivity index (χ3n) is 2.60. The van der Waals surface area contributed by atoms with E-state index in [2.05, 4.69) is 30.1 Å². The van der Waals surface area contributed by atoms with Gasteiger partial charge in [-0.15, -0.1) is 0 Å². The smallest absolute Gasteiger partial charge is 0.0882 e. The van der Waals surface area contributed by atoms with Crippen molar-refractivity contribution in [1.82, 2.24) is 10.2 Å². The van der Waals surface area contributed by atoms with Crippen molar-refractivity contribution in [3.63, 3.8) is 0 Å². The number of nitrogens with one attached hydrogen (secondary N) is 1. The first-order chi connectivity index (χ1) is 5.81. The van der Waals surface area contributed by atoms with Gasteiger partial charge in [0.05, 0.1) is 5.69 Å². The van der Waals surface area contributed by atoms with Crippen LogP contribution in [0.3, 0.4) is 0 Å². The Morgan fingerprint density at radius 1 is 1.50 bits per heavy atom. The van der Waals surface area contributed by atoms with Crippen molar-refractivity contribution < 1.29 is 0 Å². The lowest BCUT2D eigenvalue weighted by Crippen LogP contribution is -1.97. The Labute approximate surface area is 72.7 Å². The van der Waals surface area contributed by atoms with E-state index in [1.54, 1.807) is 0 Å². The monoisotopic (exact) mass is 162 g/mol. The van der Waals surface area contributed by atoms with Gasteiger partial charge in [0.1, 0.15) is 0 Å². The van der Waals surface area contributed by atoms with E-state index >= 15 is 0 Å². The summed E-state index contributed by atoms with van der Waals surface area (Å²) in [6.45, 7) is 4.30. The molecule has 0 aromatic carbocycles. The van der Waals surface area contributed by atoms with E-state index in [0.29, 0.717) is 0 Å². The van der Waals surface area contributed by atoms with Crippen LogP contribution in [0, 0.1) is 6.92 Å². The molecule has 0 spiro atoms. The van der Waals surface area contributed by atoms with Gasteiger partial charge in [0.25, 0.3) is 0 Å². The van der Waals surface area contributed by atoms with Crippen molar-refractivity contribution in [3.05, 3.63) is 22.5 Å². The molecule has 2 rings (SSSR count). The predicted molar refractivity (Wildman–Crippen MR) is 49.9 cm³/mol. The summed E-state index contributed by atoms with van der Waals surface area (Å²) in [6.07, 6.45) is 5.76. The molecular weight excluding hydrogens is 148 g/mol. The van der Waals surface area contributed by atoms with Crippen LogP contribution >= 0.6 is 0 Å². The highest BCUT2D eigenvalue weighted by atomic mass is 15.1. The lowest BCUT2D eigenvalue weighted by Gasteiger charge is -2.10. The zero-order chi connectivity index (χ0) is 8.55. The Morgan fingerprint density at radius 2 is 2.33 bits per heavy atom. The first-order valence-corrected chi connectivity index (χ1v) is 4.54. The number of allylic oxidation sites excluding steroid dienone is 1. The Bertz CT molecular complexity index is 321. The van der Waals surface area contributed by atoms with Crippen LogP contribution in [0.15, 0.2) is 5.57 Å². The summed E-state index contributed by atoms with van der Waals surface area (Å²) in [5.74, 6) is 0. The van der Waals surface area contributed by atoms with Gasteiger partial charge in [-0.1, -0.05) is 12.5 Å². The van der Waals surface area contributed by atoms with E-state index in [9.17, 15) is 0 Å². The number of rotatable bonds is 1. The van der Waals surface area contributed by atoms with Gasteiger partial charge in [-0.05, 0) is 32.3 Å². The molecular formula is C10H14N2. The van der Waals surface area contributed by atoms with Crippen LogP contribution in [-0.4, -0.2) is 10.2 Å². The third-order valence-corrected chi connectivity index (χ3v) is 2.60. The molecule has 0 saturated heterocycles. The third kappa shape index (κ3) is 1.07. The molecule has 2 heteroatoms. The molecule has 1 aliphatic carbocycles. The molecule has 64 valence electrons. The number of fused-ring (bicyclic) bond motifs is 1. The molecule has 0 fully saturated rings. The van der Waals surface area contributed by atoms with Crippen molar-refractivity contribution in [2.24, 2.45) is 0 Å². The minimum absolute atomic E-state index is 1.16. The van der Waals surface area contributed by atoms with E-state index in [1.807, 2.05) is 0 Å². The Kier molecular flexibility index (Phi) is 1.75. The summed E-state index contributed by atoms with van der Waals surface area (Å²) in [7, 11) is 0. The fourth-order valence-electron chi connectivity index (χ4n) is 1.74. The van der Waals surface area contributed by atoms with Gasteiger partial charge in [-0.2, -0.15) is 5.10 Å². The second-order valence-corrected chi connectivity index (χ2v) is 3.37. The van der Waals surface area contributed by atoms with Crippen LogP contribution in [0.5, 0.6) is 0 Å². The second-order valence-electron chi connectivity index (χ2n) is 3.37. The minimum Gasteiger partial charge on any atom is -0.282 e. The molecule has 2 nitrogen and oxygen atoms in total. The van der Waals surface area contributed by atoms with Crippen LogP contribution < -0.4 is 0 Å². The van der Waals surface area contributed by atoms with Gasteiger partial charge in [-0.25, -0.2) is 0 Å². The largest absolute Gasteiger partial charge is 0.282 e. The van der Waals surface area contributed by atoms with Crippen molar-refractivity contribution in [2.45, 2.75) is 33.1 Å². The molecule has 0 bridgehead atoms. The van der Waals surface area contributed by atoms with Gasteiger partial charge in [-0.3, -0.25) is 5.10 Å². The number of nitrogens with zero attached hydrogens (tertiary/aromatic N) is 1. The summed E-state index contributed by atoms with van der Waals surface area (Å²) < 4.78 is 0. The summed E-state index contributed by atoms with van der Waals surface area (Å²) in [5, 5.41) is 7.28. The number of hydrogen-bond acceptors (Lipinski definition) is 1. The highest BCUT2D eigenvalue weighted by Gasteiger charge is 2.13. The molecule has 0 radical (unpaired) electrons. The lowest BCUT2D eigenvalue weighted by atomic mass is 9.94. The molecule has 0 aliphatic heterocycles. The number of hydrogen-bond donors (Lipinski definition) is 1. The standard InChI is InChI=1S/C10H14N2/c1-3-8-4-5-9-7(2)11-12-10(9)6-8/h6H,3-5H2,1-2H3,(H,11,12). The zero-order valence-electron chi connectivity index (χ0n) is 7.65. The normalized spacial score (nSPS) is 15.7. The van der Waals surface area contributed by atoms with Crippen LogP contribution in [0.25, 0.3) is 6.08 Å². The van der Waals surface area contributed by atoms with Crippen molar-refractivity contribution in [2.75, 3.05) is 0 Å². The average molecular weight is 162 g/mol. The molecule has 1 heterocycles. The maximum absolute atomic E-state index is 4.25. The topological polar surface area (TPSA) is 28.7 Å².